The van der Waals surface area contributed by atoms with Crippen LogP contribution in [-0.2, 0) is 9.53 Å². The predicted octanol–water partition coefficient (Wildman–Crippen LogP) is 0.230. The fourth-order valence-electron chi connectivity index (χ4n) is 1.28. The maximum absolute atomic E-state index is 10.2. The van der Waals surface area contributed by atoms with Crippen molar-refractivity contribution in [1.29, 1.82) is 0 Å². The average molecular weight is 173 g/mol. The molecule has 1 heterocycles. The van der Waals surface area contributed by atoms with Crippen molar-refractivity contribution in [3.05, 3.63) is 0 Å². The Balaban J connectivity index is 2.01. The number of hydrogen-bond acceptors (Lipinski definition) is 3. The number of hydrogen-bond donors (Lipinski definition) is 2. The molecular weight excluding hydrogens is 158 g/mol. The van der Waals surface area contributed by atoms with E-state index in [0.29, 0.717) is 12.6 Å². The molecule has 1 aliphatic heterocycles. The van der Waals surface area contributed by atoms with Gasteiger partial charge >= 0.3 is 5.97 Å². The highest BCUT2D eigenvalue weighted by atomic mass is 16.5. The minimum Gasteiger partial charge on any atom is -0.481 e. The van der Waals surface area contributed by atoms with E-state index in [1.165, 1.54) is 0 Å². The molecule has 0 spiro atoms. The normalized spacial score (nSPS) is 19.3. The highest BCUT2D eigenvalue weighted by Gasteiger charge is 2.12. The van der Waals surface area contributed by atoms with E-state index < -0.39 is 5.97 Å². The minimum atomic E-state index is -0.741. The molecule has 0 bridgehead atoms. The number of carboxylic acids is 1. The van der Waals surface area contributed by atoms with E-state index in [2.05, 4.69) is 5.32 Å². The molecule has 1 aliphatic rings. The Kier molecular flexibility index (Phi) is 4.04. The topological polar surface area (TPSA) is 58.6 Å². The molecule has 0 radical (unpaired) electrons. The van der Waals surface area contributed by atoms with E-state index >= 15 is 0 Å². The Hall–Kier alpha value is -0.610. The van der Waals surface area contributed by atoms with Gasteiger partial charge in [-0.25, -0.2) is 0 Å². The zero-order valence-corrected chi connectivity index (χ0v) is 7.08. The summed E-state index contributed by atoms with van der Waals surface area (Å²) in [5.41, 5.74) is 0. The van der Waals surface area contributed by atoms with Crippen molar-refractivity contribution in [3.8, 4) is 0 Å². The third-order valence-corrected chi connectivity index (χ3v) is 1.99. The maximum atomic E-state index is 10.2. The van der Waals surface area contributed by atoms with Gasteiger partial charge in [-0.05, 0) is 12.8 Å². The highest BCUT2D eigenvalue weighted by molar-refractivity contribution is 5.66. The first-order valence-corrected chi connectivity index (χ1v) is 4.32. The second kappa shape index (κ2) is 5.11. The second-order valence-electron chi connectivity index (χ2n) is 2.98. The van der Waals surface area contributed by atoms with Gasteiger partial charge in [0.25, 0.3) is 0 Å². The Morgan fingerprint density at radius 1 is 1.50 bits per heavy atom. The Labute approximate surface area is 71.9 Å². The quantitative estimate of drug-likeness (QED) is 0.639. The molecule has 0 saturated carbocycles. The molecule has 1 rings (SSSR count). The molecule has 0 amide bonds. The van der Waals surface area contributed by atoms with Gasteiger partial charge in [0.05, 0.1) is 6.42 Å². The van der Waals surface area contributed by atoms with Crippen LogP contribution in [0.5, 0.6) is 0 Å². The number of ether oxygens (including phenoxy) is 1. The third kappa shape index (κ3) is 3.69. The van der Waals surface area contributed by atoms with Crippen LogP contribution >= 0.6 is 0 Å². The van der Waals surface area contributed by atoms with Crippen LogP contribution in [0, 0.1) is 0 Å². The van der Waals surface area contributed by atoms with Crippen LogP contribution in [0.2, 0.25) is 0 Å². The molecular formula is C8H15NO3. The summed E-state index contributed by atoms with van der Waals surface area (Å²) in [4.78, 5) is 10.2. The summed E-state index contributed by atoms with van der Waals surface area (Å²) in [6, 6.07) is 0.457. The first kappa shape index (κ1) is 9.48. The van der Waals surface area contributed by atoms with Gasteiger partial charge in [0.1, 0.15) is 0 Å². The van der Waals surface area contributed by atoms with Crippen molar-refractivity contribution < 1.29 is 14.6 Å². The zero-order valence-electron chi connectivity index (χ0n) is 7.08. The lowest BCUT2D eigenvalue weighted by atomic mass is 10.1. The number of rotatable bonds is 4. The standard InChI is InChI=1S/C8H15NO3/c10-8(11)1-4-9-7-2-5-12-6-3-7/h7,9H,1-6H2,(H,10,11). The molecule has 12 heavy (non-hydrogen) atoms. The Bertz CT molecular complexity index is 143. The summed E-state index contributed by atoms with van der Waals surface area (Å²) < 4.78 is 5.17. The number of aliphatic carboxylic acids is 1. The van der Waals surface area contributed by atoms with Crippen LogP contribution in [0.15, 0.2) is 0 Å². The lowest BCUT2D eigenvalue weighted by Gasteiger charge is -2.22. The second-order valence-corrected chi connectivity index (χ2v) is 2.98. The molecule has 4 nitrogen and oxygen atoms in total. The van der Waals surface area contributed by atoms with Crippen molar-refractivity contribution in [1.82, 2.24) is 5.32 Å². The lowest BCUT2D eigenvalue weighted by molar-refractivity contribution is -0.136. The van der Waals surface area contributed by atoms with E-state index in [0.717, 1.165) is 26.1 Å². The largest absolute Gasteiger partial charge is 0.481 e. The van der Waals surface area contributed by atoms with Crippen molar-refractivity contribution in [2.45, 2.75) is 25.3 Å². The van der Waals surface area contributed by atoms with Crippen LogP contribution < -0.4 is 5.32 Å². The molecule has 4 heteroatoms. The number of carboxylic acid groups (broad SMARTS) is 1. The van der Waals surface area contributed by atoms with Gasteiger partial charge in [-0.3, -0.25) is 4.79 Å². The number of nitrogens with one attached hydrogen (secondary N) is 1. The van der Waals surface area contributed by atoms with Gasteiger partial charge < -0.3 is 15.2 Å². The summed E-state index contributed by atoms with van der Waals surface area (Å²) in [5, 5.41) is 11.6. The van der Waals surface area contributed by atoms with Gasteiger partial charge in [0, 0.05) is 25.8 Å². The van der Waals surface area contributed by atoms with Crippen LogP contribution in [0.3, 0.4) is 0 Å². The first-order chi connectivity index (χ1) is 5.79. The molecule has 1 fully saturated rings. The molecule has 0 aromatic rings. The van der Waals surface area contributed by atoms with Crippen molar-refractivity contribution in [2.24, 2.45) is 0 Å². The SMILES string of the molecule is O=C(O)CCNC1CCOCC1. The van der Waals surface area contributed by atoms with Crippen molar-refractivity contribution >= 4 is 5.97 Å². The molecule has 0 aliphatic carbocycles. The van der Waals surface area contributed by atoms with Crippen LogP contribution in [0.25, 0.3) is 0 Å². The summed E-state index contributed by atoms with van der Waals surface area (Å²) in [7, 11) is 0. The fraction of sp³-hybridized carbons (Fsp3) is 0.875. The van der Waals surface area contributed by atoms with Crippen LogP contribution in [0.4, 0.5) is 0 Å². The lowest BCUT2D eigenvalue weighted by Crippen LogP contribution is -2.35. The van der Waals surface area contributed by atoms with Gasteiger partial charge in [0.2, 0.25) is 0 Å². The monoisotopic (exact) mass is 173 g/mol. The average Bonchev–Trinajstić information content (AvgIpc) is 2.05. The van der Waals surface area contributed by atoms with E-state index in [-0.39, 0.29) is 6.42 Å². The summed E-state index contributed by atoms with van der Waals surface area (Å²) in [6.45, 7) is 2.16. The van der Waals surface area contributed by atoms with E-state index in [1.807, 2.05) is 0 Å². The summed E-state index contributed by atoms with van der Waals surface area (Å²) in [6.07, 6.45) is 2.20. The van der Waals surface area contributed by atoms with Crippen LogP contribution in [0.1, 0.15) is 19.3 Å². The maximum Gasteiger partial charge on any atom is 0.304 e. The van der Waals surface area contributed by atoms with E-state index in [4.69, 9.17) is 9.84 Å². The van der Waals surface area contributed by atoms with Crippen LogP contribution in [-0.4, -0.2) is 36.9 Å². The molecule has 0 aromatic heterocycles. The van der Waals surface area contributed by atoms with Gasteiger partial charge in [-0.2, -0.15) is 0 Å². The molecule has 1 saturated heterocycles. The number of carbonyl (C=O) groups is 1. The Morgan fingerprint density at radius 3 is 2.75 bits per heavy atom. The zero-order chi connectivity index (χ0) is 8.81. The Morgan fingerprint density at radius 2 is 2.17 bits per heavy atom. The van der Waals surface area contributed by atoms with Gasteiger partial charge in [0.15, 0.2) is 0 Å². The molecule has 2 N–H and O–H groups in total. The van der Waals surface area contributed by atoms with Crippen molar-refractivity contribution in [2.75, 3.05) is 19.8 Å². The predicted molar refractivity (Wildman–Crippen MR) is 44.1 cm³/mol. The minimum absolute atomic E-state index is 0.206. The molecule has 70 valence electrons. The summed E-state index contributed by atoms with van der Waals surface area (Å²) >= 11 is 0. The summed E-state index contributed by atoms with van der Waals surface area (Å²) in [5.74, 6) is -0.741. The van der Waals surface area contributed by atoms with Gasteiger partial charge in [-0.1, -0.05) is 0 Å². The van der Waals surface area contributed by atoms with E-state index in [9.17, 15) is 4.79 Å². The molecule has 0 unspecified atom stereocenters. The molecule has 0 aromatic carbocycles. The van der Waals surface area contributed by atoms with Gasteiger partial charge in [-0.15, -0.1) is 0 Å². The molecule has 0 atom stereocenters. The smallest absolute Gasteiger partial charge is 0.304 e. The highest BCUT2D eigenvalue weighted by Crippen LogP contribution is 2.05. The van der Waals surface area contributed by atoms with Crippen molar-refractivity contribution in [3.63, 3.8) is 0 Å². The van der Waals surface area contributed by atoms with E-state index in [1.54, 1.807) is 0 Å². The fourth-order valence-corrected chi connectivity index (χ4v) is 1.28. The third-order valence-electron chi connectivity index (χ3n) is 1.99. The first-order valence-electron chi connectivity index (χ1n) is 4.32.